The Morgan fingerprint density at radius 3 is 2.71 bits per heavy atom. The summed E-state index contributed by atoms with van der Waals surface area (Å²) in [5.41, 5.74) is 6.00. The summed E-state index contributed by atoms with van der Waals surface area (Å²) < 4.78 is 11.4. The molecule has 1 aromatic carbocycles. The molecule has 5 nitrogen and oxygen atoms in total. The number of amides is 1. The molecule has 1 saturated heterocycles. The second-order valence-corrected chi connectivity index (χ2v) is 5.75. The number of rotatable bonds is 4. The van der Waals surface area contributed by atoms with Crippen LogP contribution in [0.3, 0.4) is 0 Å². The van der Waals surface area contributed by atoms with Gasteiger partial charge < -0.3 is 20.5 Å². The van der Waals surface area contributed by atoms with Gasteiger partial charge in [0.05, 0.1) is 17.0 Å². The molecule has 1 aromatic rings. The van der Waals surface area contributed by atoms with E-state index >= 15 is 0 Å². The molecule has 21 heavy (non-hydrogen) atoms. The number of nitrogens with two attached hydrogens (primary N) is 1. The van der Waals surface area contributed by atoms with Crippen LogP contribution < -0.4 is 15.8 Å². The zero-order valence-corrected chi connectivity index (χ0v) is 14.3. The van der Waals surface area contributed by atoms with Crippen LogP contribution in [0.4, 0.5) is 5.69 Å². The molecule has 2 rings (SSSR count). The molecule has 0 spiro atoms. The van der Waals surface area contributed by atoms with Crippen molar-refractivity contribution in [2.75, 3.05) is 32.2 Å². The molecule has 1 amide bonds. The maximum Gasteiger partial charge on any atom is 0.232 e. The van der Waals surface area contributed by atoms with Crippen molar-refractivity contribution in [3.05, 3.63) is 22.7 Å². The maximum absolute atomic E-state index is 12.5. The van der Waals surface area contributed by atoms with E-state index in [-0.39, 0.29) is 18.3 Å². The van der Waals surface area contributed by atoms with Gasteiger partial charge in [-0.15, -0.1) is 12.4 Å². The Labute approximate surface area is 139 Å². The van der Waals surface area contributed by atoms with Gasteiger partial charge in [-0.1, -0.05) is 0 Å². The van der Waals surface area contributed by atoms with Gasteiger partial charge in [-0.25, -0.2) is 0 Å². The minimum Gasteiger partial charge on any atom is -0.495 e. The Bertz CT molecular complexity index is 493. The SMILES string of the molecule is COc1cc(NC(=O)C2(CN)CCOCC2)ccc1Br.Cl. The van der Waals surface area contributed by atoms with Gasteiger partial charge >= 0.3 is 0 Å². The third-order valence-corrected chi connectivity index (χ3v) is 4.39. The first-order valence-electron chi connectivity index (χ1n) is 6.54. The fourth-order valence-corrected chi connectivity index (χ4v) is 2.70. The summed E-state index contributed by atoms with van der Waals surface area (Å²) >= 11 is 3.38. The van der Waals surface area contributed by atoms with Gasteiger partial charge in [-0.3, -0.25) is 4.79 Å². The van der Waals surface area contributed by atoms with Crippen LogP contribution in [0.5, 0.6) is 5.75 Å². The monoisotopic (exact) mass is 378 g/mol. The molecule has 1 heterocycles. The zero-order valence-electron chi connectivity index (χ0n) is 11.9. The molecule has 0 aliphatic carbocycles. The number of ether oxygens (including phenoxy) is 2. The van der Waals surface area contributed by atoms with E-state index in [1.165, 1.54) is 0 Å². The molecule has 0 aromatic heterocycles. The average molecular weight is 380 g/mol. The normalized spacial score (nSPS) is 16.7. The summed E-state index contributed by atoms with van der Waals surface area (Å²) in [6.07, 6.45) is 1.31. The highest BCUT2D eigenvalue weighted by Gasteiger charge is 2.38. The van der Waals surface area contributed by atoms with Gasteiger partial charge in [0.15, 0.2) is 0 Å². The van der Waals surface area contributed by atoms with Gasteiger partial charge in [0, 0.05) is 31.5 Å². The number of nitrogens with one attached hydrogen (secondary N) is 1. The Hall–Kier alpha value is -0.820. The third kappa shape index (κ3) is 4.10. The third-order valence-electron chi connectivity index (χ3n) is 3.73. The van der Waals surface area contributed by atoms with Crippen LogP contribution in [-0.2, 0) is 9.53 Å². The van der Waals surface area contributed by atoms with Crippen molar-refractivity contribution >= 4 is 39.9 Å². The maximum atomic E-state index is 12.5. The van der Waals surface area contributed by atoms with Crippen molar-refractivity contribution in [3.63, 3.8) is 0 Å². The van der Waals surface area contributed by atoms with Crippen LogP contribution >= 0.6 is 28.3 Å². The quantitative estimate of drug-likeness (QED) is 0.843. The van der Waals surface area contributed by atoms with Crippen LogP contribution in [0, 0.1) is 5.41 Å². The molecule has 0 unspecified atom stereocenters. The summed E-state index contributed by atoms with van der Waals surface area (Å²) in [5, 5.41) is 2.93. The fraction of sp³-hybridized carbons (Fsp3) is 0.500. The first-order chi connectivity index (χ1) is 9.61. The number of carbonyl (C=O) groups excluding carboxylic acids is 1. The topological polar surface area (TPSA) is 73.6 Å². The van der Waals surface area contributed by atoms with Gasteiger partial charge in [-0.2, -0.15) is 0 Å². The standard InChI is InChI=1S/C14H19BrN2O3.ClH/c1-19-12-8-10(2-3-11(12)15)17-13(18)14(9-16)4-6-20-7-5-14;/h2-3,8H,4-7,9,16H2,1H3,(H,17,18);1H. The van der Waals surface area contributed by atoms with E-state index < -0.39 is 5.41 Å². The predicted octanol–water partition coefficient (Wildman–Crippen LogP) is 2.57. The van der Waals surface area contributed by atoms with Gasteiger partial charge in [0.2, 0.25) is 5.91 Å². The second kappa shape index (κ2) is 7.98. The van der Waals surface area contributed by atoms with Crippen molar-refractivity contribution in [3.8, 4) is 5.75 Å². The zero-order chi connectivity index (χ0) is 14.6. The number of carbonyl (C=O) groups is 1. The lowest BCUT2D eigenvalue weighted by molar-refractivity contribution is -0.130. The molecule has 1 aliphatic heterocycles. The van der Waals surface area contributed by atoms with E-state index in [0.29, 0.717) is 44.0 Å². The first-order valence-corrected chi connectivity index (χ1v) is 7.33. The van der Waals surface area contributed by atoms with Crippen molar-refractivity contribution in [1.29, 1.82) is 0 Å². The molecule has 0 bridgehead atoms. The number of methoxy groups -OCH3 is 1. The second-order valence-electron chi connectivity index (χ2n) is 4.90. The summed E-state index contributed by atoms with van der Waals surface area (Å²) in [6, 6.07) is 5.45. The average Bonchev–Trinajstić information content (AvgIpc) is 2.49. The van der Waals surface area contributed by atoms with E-state index in [2.05, 4.69) is 21.2 Å². The van der Waals surface area contributed by atoms with Crippen molar-refractivity contribution in [1.82, 2.24) is 0 Å². The lowest BCUT2D eigenvalue weighted by Crippen LogP contribution is -2.46. The molecule has 7 heteroatoms. The minimum absolute atomic E-state index is 0. The molecule has 0 atom stereocenters. The highest BCUT2D eigenvalue weighted by molar-refractivity contribution is 9.10. The van der Waals surface area contributed by atoms with E-state index in [1.807, 2.05) is 12.1 Å². The summed E-state index contributed by atoms with van der Waals surface area (Å²) in [4.78, 5) is 12.5. The minimum atomic E-state index is -0.529. The molecule has 0 saturated carbocycles. The Balaban J connectivity index is 0.00000220. The van der Waals surface area contributed by atoms with Gasteiger partial charge in [0.25, 0.3) is 0 Å². The Kier molecular flexibility index (Phi) is 6.93. The smallest absolute Gasteiger partial charge is 0.232 e. The lowest BCUT2D eigenvalue weighted by atomic mass is 9.79. The highest BCUT2D eigenvalue weighted by Crippen LogP contribution is 2.32. The van der Waals surface area contributed by atoms with E-state index in [9.17, 15) is 4.79 Å². The molecule has 1 aliphatic rings. The van der Waals surface area contributed by atoms with Gasteiger partial charge in [0.1, 0.15) is 5.75 Å². The fourth-order valence-electron chi connectivity index (χ4n) is 2.29. The highest BCUT2D eigenvalue weighted by atomic mass is 79.9. The summed E-state index contributed by atoms with van der Waals surface area (Å²) in [6.45, 7) is 1.48. The molecular weight excluding hydrogens is 360 g/mol. The van der Waals surface area contributed by atoms with Crippen molar-refractivity contribution in [2.45, 2.75) is 12.8 Å². The van der Waals surface area contributed by atoms with E-state index in [0.717, 1.165) is 4.47 Å². The summed E-state index contributed by atoms with van der Waals surface area (Å²) in [5.74, 6) is 0.629. The van der Waals surface area contributed by atoms with Crippen LogP contribution in [0.2, 0.25) is 0 Å². The molecular formula is C14H20BrClN2O3. The van der Waals surface area contributed by atoms with Crippen LogP contribution in [0.25, 0.3) is 0 Å². The molecule has 1 fully saturated rings. The largest absolute Gasteiger partial charge is 0.495 e. The van der Waals surface area contributed by atoms with Crippen molar-refractivity contribution < 1.29 is 14.3 Å². The number of benzene rings is 1. The van der Waals surface area contributed by atoms with E-state index in [4.69, 9.17) is 15.2 Å². The molecule has 3 N–H and O–H groups in total. The van der Waals surface area contributed by atoms with Crippen molar-refractivity contribution in [2.24, 2.45) is 11.1 Å². The molecule has 118 valence electrons. The number of anilines is 1. The summed E-state index contributed by atoms with van der Waals surface area (Å²) in [7, 11) is 1.59. The molecule has 0 radical (unpaired) electrons. The van der Waals surface area contributed by atoms with Crippen LogP contribution in [0.1, 0.15) is 12.8 Å². The van der Waals surface area contributed by atoms with Crippen LogP contribution in [0.15, 0.2) is 22.7 Å². The van der Waals surface area contributed by atoms with Crippen LogP contribution in [-0.4, -0.2) is 32.8 Å². The number of hydrogen-bond donors (Lipinski definition) is 2. The Morgan fingerprint density at radius 1 is 1.48 bits per heavy atom. The Morgan fingerprint density at radius 2 is 2.14 bits per heavy atom. The number of halogens is 2. The first kappa shape index (κ1) is 18.2. The van der Waals surface area contributed by atoms with E-state index in [1.54, 1.807) is 13.2 Å². The number of hydrogen-bond acceptors (Lipinski definition) is 4. The predicted molar refractivity (Wildman–Crippen MR) is 88.1 cm³/mol. The van der Waals surface area contributed by atoms with Gasteiger partial charge in [-0.05, 0) is 40.9 Å². The lowest BCUT2D eigenvalue weighted by Gasteiger charge is -2.34.